The summed E-state index contributed by atoms with van der Waals surface area (Å²) in [7, 11) is -2.42. The summed E-state index contributed by atoms with van der Waals surface area (Å²) in [6, 6.07) is 0.466. The number of sulfonamides is 1. The number of carboxylic acid groups (broad SMARTS) is 1. The molecule has 0 saturated heterocycles. The van der Waals surface area contributed by atoms with Crippen molar-refractivity contribution in [2.45, 2.75) is 45.6 Å². The predicted octanol–water partition coefficient (Wildman–Crippen LogP) is 2.01. The molecule has 2 N–H and O–H groups in total. The van der Waals surface area contributed by atoms with Crippen LogP contribution >= 0.6 is 0 Å². The van der Waals surface area contributed by atoms with Crippen molar-refractivity contribution in [3.8, 4) is 5.75 Å². The summed E-state index contributed by atoms with van der Waals surface area (Å²) in [4.78, 5) is 11.3. The molecule has 0 aromatic heterocycles. The average molecular weight is 329 g/mol. The van der Waals surface area contributed by atoms with E-state index in [1.54, 1.807) is 40.7 Å². The molecule has 0 spiro atoms. The van der Waals surface area contributed by atoms with Crippen LogP contribution in [0.5, 0.6) is 5.75 Å². The Labute approximate surface area is 131 Å². The lowest BCUT2D eigenvalue weighted by molar-refractivity contribution is -0.140. The quantitative estimate of drug-likeness (QED) is 0.833. The van der Waals surface area contributed by atoms with E-state index in [9.17, 15) is 18.3 Å². The molecule has 124 valence electrons. The highest BCUT2D eigenvalue weighted by molar-refractivity contribution is 7.89. The smallest absolute Gasteiger partial charge is 0.322 e. The molecule has 0 fully saturated rings. The van der Waals surface area contributed by atoms with E-state index in [2.05, 4.69) is 4.72 Å². The molecule has 1 atom stereocenters. The predicted molar refractivity (Wildman–Crippen MR) is 83.8 cm³/mol. The van der Waals surface area contributed by atoms with Gasteiger partial charge in [-0.3, -0.25) is 4.79 Å². The largest absolute Gasteiger partial charge is 0.496 e. The fourth-order valence-electron chi connectivity index (χ4n) is 2.34. The minimum atomic E-state index is -3.94. The van der Waals surface area contributed by atoms with Crippen molar-refractivity contribution in [3.63, 3.8) is 0 Å². The number of nitrogens with one attached hydrogen (secondary N) is 1. The molecule has 1 aromatic carbocycles. The summed E-state index contributed by atoms with van der Waals surface area (Å²) in [5.41, 5.74) is 1.78. The second kappa shape index (κ2) is 6.66. The molecule has 22 heavy (non-hydrogen) atoms. The van der Waals surface area contributed by atoms with Crippen molar-refractivity contribution >= 4 is 16.0 Å². The Balaban J connectivity index is 3.41. The first-order valence-electron chi connectivity index (χ1n) is 6.92. The lowest BCUT2D eigenvalue weighted by Crippen LogP contribution is -2.44. The maximum Gasteiger partial charge on any atom is 0.322 e. The van der Waals surface area contributed by atoms with Gasteiger partial charge in [0.2, 0.25) is 10.0 Å². The van der Waals surface area contributed by atoms with E-state index in [1.807, 2.05) is 0 Å². The Bertz CT molecular complexity index is 680. The van der Waals surface area contributed by atoms with Crippen molar-refractivity contribution in [3.05, 3.63) is 22.8 Å². The van der Waals surface area contributed by atoms with E-state index in [1.165, 1.54) is 7.11 Å². The van der Waals surface area contributed by atoms with Gasteiger partial charge in [0.05, 0.1) is 12.0 Å². The fourth-order valence-corrected chi connectivity index (χ4v) is 4.21. The third kappa shape index (κ3) is 3.59. The minimum absolute atomic E-state index is 0.109. The SMILES string of the molecule is COc1cc(C)c(S(=O)(=O)N[C@@H](C(=O)O)C(C)C)c(C)c1C. The molecule has 0 unspecified atom stereocenters. The second-order valence-corrected chi connectivity index (χ2v) is 7.31. The molecule has 0 radical (unpaired) electrons. The van der Waals surface area contributed by atoms with E-state index in [0.717, 1.165) is 0 Å². The molecule has 1 aromatic rings. The molecule has 6 nitrogen and oxygen atoms in total. The summed E-state index contributed by atoms with van der Waals surface area (Å²) in [5, 5.41) is 9.18. The zero-order chi connectivity index (χ0) is 17.2. The molecule has 7 heteroatoms. The highest BCUT2D eigenvalue weighted by Crippen LogP contribution is 2.30. The van der Waals surface area contributed by atoms with Crippen LogP contribution in [0.25, 0.3) is 0 Å². The number of ether oxygens (including phenoxy) is 1. The number of methoxy groups -OCH3 is 1. The van der Waals surface area contributed by atoms with Crippen molar-refractivity contribution in [1.29, 1.82) is 0 Å². The van der Waals surface area contributed by atoms with Crippen molar-refractivity contribution in [2.24, 2.45) is 5.92 Å². The zero-order valence-corrected chi connectivity index (χ0v) is 14.5. The Morgan fingerprint density at radius 1 is 1.23 bits per heavy atom. The maximum atomic E-state index is 12.6. The number of aliphatic carboxylic acids is 1. The van der Waals surface area contributed by atoms with Crippen LogP contribution in [-0.2, 0) is 14.8 Å². The van der Waals surface area contributed by atoms with Gasteiger partial charge in [0.1, 0.15) is 11.8 Å². The lowest BCUT2D eigenvalue weighted by atomic mass is 10.1. The van der Waals surface area contributed by atoms with E-state index >= 15 is 0 Å². The molecular formula is C15H23NO5S. The Kier molecular flexibility index (Phi) is 5.59. The van der Waals surface area contributed by atoms with Gasteiger partial charge < -0.3 is 9.84 Å². The number of carboxylic acids is 1. The van der Waals surface area contributed by atoms with Gasteiger partial charge in [0, 0.05) is 0 Å². The van der Waals surface area contributed by atoms with Gasteiger partial charge in [0.25, 0.3) is 0 Å². The Morgan fingerprint density at radius 2 is 1.77 bits per heavy atom. The Morgan fingerprint density at radius 3 is 2.18 bits per heavy atom. The number of carbonyl (C=O) groups is 1. The van der Waals surface area contributed by atoms with Crippen LogP contribution in [0.4, 0.5) is 0 Å². The topological polar surface area (TPSA) is 92.7 Å². The van der Waals surface area contributed by atoms with Crippen LogP contribution < -0.4 is 9.46 Å². The lowest BCUT2D eigenvalue weighted by Gasteiger charge is -2.21. The number of hydrogen-bond donors (Lipinski definition) is 2. The number of aryl methyl sites for hydroxylation is 1. The van der Waals surface area contributed by atoms with Gasteiger partial charge >= 0.3 is 5.97 Å². The van der Waals surface area contributed by atoms with E-state index < -0.39 is 22.0 Å². The van der Waals surface area contributed by atoms with Gasteiger partial charge in [0.15, 0.2) is 0 Å². The molecule has 1 rings (SSSR count). The normalized spacial score (nSPS) is 13.2. The number of rotatable bonds is 6. The van der Waals surface area contributed by atoms with Gasteiger partial charge in [-0.2, -0.15) is 4.72 Å². The second-order valence-electron chi connectivity index (χ2n) is 5.66. The van der Waals surface area contributed by atoms with Gasteiger partial charge in [-0.25, -0.2) is 8.42 Å². The standard InChI is InChI=1S/C15H23NO5S/c1-8(2)13(15(17)18)16-22(19,20)14-9(3)7-12(21-6)10(4)11(14)5/h7-8,13,16H,1-6H3,(H,17,18)/t13-/m1/s1. The fraction of sp³-hybridized carbons (Fsp3) is 0.533. The van der Waals surface area contributed by atoms with Gasteiger partial charge in [-0.05, 0) is 49.4 Å². The average Bonchev–Trinajstić information content (AvgIpc) is 2.39. The minimum Gasteiger partial charge on any atom is -0.496 e. The van der Waals surface area contributed by atoms with Gasteiger partial charge in [-0.15, -0.1) is 0 Å². The number of hydrogen-bond acceptors (Lipinski definition) is 4. The Hall–Kier alpha value is -1.60. The van der Waals surface area contributed by atoms with Crippen LogP contribution in [-0.4, -0.2) is 32.6 Å². The summed E-state index contributed by atoms with van der Waals surface area (Å²) < 4.78 is 32.8. The summed E-state index contributed by atoms with van der Waals surface area (Å²) in [5.74, 6) is -0.959. The molecule has 0 heterocycles. The van der Waals surface area contributed by atoms with E-state index in [4.69, 9.17) is 4.74 Å². The first-order chi connectivity index (χ1) is 10.0. The van der Waals surface area contributed by atoms with Crippen molar-refractivity contribution < 1.29 is 23.1 Å². The van der Waals surface area contributed by atoms with Crippen molar-refractivity contribution in [2.75, 3.05) is 7.11 Å². The zero-order valence-electron chi connectivity index (χ0n) is 13.7. The summed E-state index contributed by atoms with van der Waals surface area (Å²) >= 11 is 0. The maximum absolute atomic E-state index is 12.6. The van der Waals surface area contributed by atoms with Crippen LogP contribution in [0.3, 0.4) is 0 Å². The first kappa shape index (κ1) is 18.4. The monoisotopic (exact) mass is 329 g/mol. The van der Waals surface area contributed by atoms with Crippen LogP contribution in [0.2, 0.25) is 0 Å². The first-order valence-corrected chi connectivity index (χ1v) is 8.41. The number of benzene rings is 1. The van der Waals surface area contributed by atoms with Crippen LogP contribution in [0.15, 0.2) is 11.0 Å². The third-order valence-electron chi connectivity index (χ3n) is 3.68. The highest BCUT2D eigenvalue weighted by Gasteiger charge is 2.30. The molecule has 0 aliphatic carbocycles. The van der Waals surface area contributed by atoms with Crippen LogP contribution in [0, 0.1) is 26.7 Å². The molecule has 0 bridgehead atoms. The van der Waals surface area contributed by atoms with E-state index in [0.29, 0.717) is 22.4 Å². The molecule has 0 aliphatic heterocycles. The molecular weight excluding hydrogens is 306 g/mol. The van der Waals surface area contributed by atoms with Crippen molar-refractivity contribution in [1.82, 2.24) is 4.72 Å². The van der Waals surface area contributed by atoms with Crippen LogP contribution in [0.1, 0.15) is 30.5 Å². The summed E-state index contributed by atoms with van der Waals surface area (Å²) in [6.45, 7) is 8.42. The molecule has 0 saturated carbocycles. The summed E-state index contributed by atoms with van der Waals surface area (Å²) in [6.07, 6.45) is 0. The van der Waals surface area contributed by atoms with Gasteiger partial charge in [-0.1, -0.05) is 13.8 Å². The van der Waals surface area contributed by atoms with E-state index in [-0.39, 0.29) is 10.8 Å². The third-order valence-corrected chi connectivity index (χ3v) is 5.41. The highest BCUT2D eigenvalue weighted by atomic mass is 32.2. The molecule has 0 amide bonds. The molecule has 0 aliphatic rings.